The van der Waals surface area contributed by atoms with Crippen LogP contribution in [-0.4, -0.2) is 304 Å². The van der Waals surface area contributed by atoms with E-state index in [-0.39, 0.29) is 154 Å². The maximum Gasteiger partial charge on any atom is 0.329 e. The Morgan fingerprint density at radius 2 is 0.836 bits per heavy atom. The number of amides is 2. The molecule has 10 aliphatic rings. The molecule has 0 spiro atoms. The molecule has 8 heterocycles. The minimum atomic E-state index is -2.44. The average molecular weight is 2050 g/mol. The number of piperidine rings is 2. The fourth-order valence-corrected chi connectivity index (χ4v) is 22.9. The lowest BCUT2D eigenvalue weighted by atomic mass is 9.78. The van der Waals surface area contributed by atoms with Gasteiger partial charge in [0.1, 0.15) is 60.3 Å². The molecule has 2 aliphatic carbocycles. The third kappa shape index (κ3) is 35.1. The topological polar surface area (TPSA) is 394 Å². The summed E-state index contributed by atoms with van der Waals surface area (Å²) in [4.78, 5) is 118. The number of carbonyl (C=O) groups excluding carboxylic acids is 8. The standard InChI is InChI=1S/C59H93NO14.C57H89NO14/c1-37-16-12-11-13-17-38(2)51(72-36-45-23-27-70-28-24-45)34-47-21-19-43(7)59(67,74-47)56(64)57(65)60-25-15-14-18-48(60)58(66)73-52(41(5)32-46-20-22-50(71-29-26-61)53(33-46)68-9)35-49(62)40(4)31-42(6)54(63)55(69-10)44(8)39(3)30-37;1-35-16-12-11-13-17-36(2)49(70-34-44-32-68-33-44)30-45-21-19-41(7)57(65,72-45)54(62)55(63)58-23-15-14-18-46(58)56(64)71-50(39(5)28-43-20-22-48(69-25-24-59)51(29-43)66-9)31-47(60)38(4)27-40(6)52(61)53(67-10)42(8)37(3)26-35/h11-13,16-17,31,37,39-41,43,45-48,50-55,61,63,67H,8,14-15,18-30,32-36H2,1-7,9-10H3;11-13,16-17,27,35,37-39,41,43-46,48-53,59,61,65H,8,14-15,18-26,28-34H2,1-7,9-10H3/b13-11+,16-12+,38-17+,42-31+;13-11+,16-12+,36-17+,40-27+/t37-,39-,40-,41-,43-,46+,47+,48?,50-,51?,52+,53-,54-,55+,59-;35-,37-,38-,39-,41-,43+,45+,46?,48-,49?,50+,51-,52-,53+,57-/m11/s1. The van der Waals surface area contributed by atoms with Crippen molar-refractivity contribution in [1.82, 2.24) is 9.80 Å². The van der Waals surface area contributed by atoms with Crippen LogP contribution in [0.25, 0.3) is 0 Å². The molecule has 146 heavy (non-hydrogen) atoms. The van der Waals surface area contributed by atoms with Gasteiger partial charge in [0.05, 0.1) is 102 Å². The van der Waals surface area contributed by atoms with E-state index in [1.54, 1.807) is 82.1 Å². The van der Waals surface area contributed by atoms with Crippen molar-refractivity contribution in [3.63, 3.8) is 0 Å². The number of aliphatic hydroxyl groups excluding tert-OH is 4. The van der Waals surface area contributed by atoms with Crippen LogP contribution < -0.4 is 0 Å². The maximum absolute atomic E-state index is 14.6. The zero-order chi connectivity index (χ0) is 107. The Morgan fingerprint density at radius 1 is 0.438 bits per heavy atom. The minimum absolute atomic E-state index is 0.00946. The molecule has 10 rings (SSSR count). The van der Waals surface area contributed by atoms with Crippen molar-refractivity contribution in [2.75, 3.05) is 108 Å². The third-order valence-corrected chi connectivity index (χ3v) is 32.8. The largest absolute Gasteiger partial charge is 0.460 e. The maximum atomic E-state index is 14.6. The van der Waals surface area contributed by atoms with Crippen LogP contribution in [0.1, 0.15) is 264 Å². The van der Waals surface area contributed by atoms with Crippen molar-refractivity contribution < 1.29 is 135 Å². The number of nitrogens with zero attached hydrogens (tertiary/aromatic N) is 2. The Bertz CT molecular complexity index is 4430. The van der Waals surface area contributed by atoms with E-state index >= 15 is 0 Å². The lowest BCUT2D eigenvalue weighted by Gasteiger charge is -2.43. The molecule has 6 N–H and O–H groups in total. The summed E-state index contributed by atoms with van der Waals surface area (Å²) >= 11 is 0. The second kappa shape index (κ2) is 60.6. The van der Waals surface area contributed by atoms with Crippen molar-refractivity contribution >= 4 is 46.9 Å². The van der Waals surface area contributed by atoms with Crippen molar-refractivity contribution in [3.8, 4) is 0 Å². The van der Waals surface area contributed by atoms with E-state index in [1.807, 2.05) is 76.3 Å². The molecule has 30 heteroatoms. The van der Waals surface area contributed by atoms with Crippen LogP contribution in [0.5, 0.6) is 0 Å². The van der Waals surface area contributed by atoms with Crippen LogP contribution in [0.15, 0.2) is 120 Å². The normalized spacial score (nSPS) is 38.7. The lowest BCUT2D eigenvalue weighted by Crippen LogP contribution is -2.61. The fraction of sp³-hybridized carbons (Fsp3) is 0.759. The summed E-state index contributed by atoms with van der Waals surface area (Å²) in [5, 5.41) is 66.6. The van der Waals surface area contributed by atoms with Crippen LogP contribution >= 0.6 is 0 Å². The van der Waals surface area contributed by atoms with Gasteiger partial charge in [-0.1, -0.05) is 155 Å². The molecule has 8 aliphatic heterocycles. The molecule has 0 aromatic carbocycles. The Hall–Kier alpha value is -6.76. The van der Waals surface area contributed by atoms with Gasteiger partial charge in [0.15, 0.2) is 0 Å². The van der Waals surface area contributed by atoms with Crippen molar-refractivity contribution in [2.24, 2.45) is 82.9 Å². The highest BCUT2D eigenvalue weighted by atomic mass is 16.7. The minimum Gasteiger partial charge on any atom is -0.460 e. The molecule has 2 saturated carbocycles. The number of Topliss-reactive ketones (excluding diaryl/α,β-unsaturated/α-hetero) is 4. The molecule has 4 bridgehead atoms. The molecular weight excluding hydrogens is 1870 g/mol. The van der Waals surface area contributed by atoms with E-state index in [1.165, 1.54) is 9.80 Å². The van der Waals surface area contributed by atoms with E-state index < -0.39 is 144 Å². The molecule has 824 valence electrons. The smallest absolute Gasteiger partial charge is 0.329 e. The van der Waals surface area contributed by atoms with Gasteiger partial charge in [-0.25, -0.2) is 9.59 Å². The number of carbonyl (C=O) groups is 8. The highest BCUT2D eigenvalue weighted by Gasteiger charge is 2.56. The van der Waals surface area contributed by atoms with Crippen LogP contribution in [0.4, 0.5) is 0 Å². The molecule has 0 aromatic heterocycles. The second-order valence-electron chi connectivity index (χ2n) is 44.3. The SMILES string of the molecule is C=C1[C@H](C)C[C@H](C)/C=C/C=C/C=C(\C)C(OCC2CCOCC2)C[C@@H]2CC[C@@H](C)[C@@](O)(O2)C(=O)C(=O)N2CCCCC2C(=O)O[C@H]([C@H](C)C[C@@H]2CC[C@@H](OCCO)[C@H](OC)C2)CC(=O)[C@H](C)/C=C(\C)[C@@H](O)[C@H]1OC.C=C1[C@H](C)C[C@H](C)/C=C/C=C/C=C(\C)C(OCC2COC2)C[C@@H]2CC[C@@H](C)[C@@](O)(O2)C(=O)C(=O)N2CCCCC2C(=O)O[C@H]([C@H](C)C[C@@H]2CC[C@@H](OCCO)[C@H](OC)C2)CC(=O)[C@H](C)/C=C(\C)[C@@H](O)[C@H]1OC. The predicted molar refractivity (Wildman–Crippen MR) is 556 cm³/mol. The number of hydrogen-bond donors (Lipinski definition) is 6. The predicted octanol–water partition coefficient (Wildman–Crippen LogP) is 15.2. The molecule has 0 aromatic rings. The Morgan fingerprint density at radius 3 is 1.21 bits per heavy atom. The number of ketones is 4. The average Bonchev–Trinajstić information content (AvgIpc) is 0.772. The summed E-state index contributed by atoms with van der Waals surface area (Å²) in [6.07, 6.45) is 29.4. The summed E-state index contributed by atoms with van der Waals surface area (Å²) < 4.78 is 84.7. The molecule has 30 nitrogen and oxygen atoms in total. The van der Waals surface area contributed by atoms with Gasteiger partial charge in [-0.15, -0.1) is 0 Å². The quantitative estimate of drug-likeness (QED) is 0.0333. The van der Waals surface area contributed by atoms with Gasteiger partial charge < -0.3 is 107 Å². The zero-order valence-corrected chi connectivity index (χ0v) is 91.1. The third-order valence-electron chi connectivity index (χ3n) is 32.8. The number of allylic oxidation sites excluding steroid dienone is 12. The van der Waals surface area contributed by atoms with E-state index in [2.05, 4.69) is 53.0 Å². The highest BCUT2D eigenvalue weighted by molar-refractivity contribution is 6.39. The van der Waals surface area contributed by atoms with Gasteiger partial charge in [0.2, 0.25) is 11.6 Å². The van der Waals surface area contributed by atoms with Gasteiger partial charge >= 0.3 is 11.9 Å². The van der Waals surface area contributed by atoms with Crippen LogP contribution in [0.3, 0.4) is 0 Å². The molecular formula is C116H182N2O28. The molecule has 6 saturated heterocycles. The van der Waals surface area contributed by atoms with E-state index in [0.29, 0.717) is 159 Å². The van der Waals surface area contributed by atoms with E-state index in [0.717, 1.165) is 60.8 Å². The summed E-state index contributed by atoms with van der Waals surface area (Å²) in [6.45, 7) is 39.5. The molecule has 0 radical (unpaired) electrons. The van der Waals surface area contributed by atoms with Gasteiger partial charge in [-0.05, 0) is 256 Å². The number of cyclic esters (lactones) is 2. The summed E-state index contributed by atoms with van der Waals surface area (Å²) in [5.41, 5.74) is 4.45. The first-order valence-corrected chi connectivity index (χ1v) is 54.7. The first-order chi connectivity index (χ1) is 69.6. The number of hydrogen-bond acceptors (Lipinski definition) is 28. The Balaban J connectivity index is 0.000000325. The second-order valence-corrected chi connectivity index (χ2v) is 44.3. The Labute approximate surface area is 870 Å². The molecule has 30 atom stereocenters. The first-order valence-electron chi connectivity index (χ1n) is 54.7. The van der Waals surface area contributed by atoms with Gasteiger partial charge in [-0.3, -0.25) is 28.8 Å². The number of methoxy groups -OCH3 is 4. The number of ether oxygens (including phenoxy) is 14. The molecule has 8 fully saturated rings. The van der Waals surface area contributed by atoms with E-state index in [9.17, 15) is 69.0 Å². The van der Waals surface area contributed by atoms with Gasteiger partial charge in [0, 0.05) is 110 Å². The molecule has 4 unspecified atom stereocenters. The van der Waals surface area contributed by atoms with Gasteiger partial charge in [0.25, 0.3) is 23.4 Å². The number of rotatable bonds is 22. The summed E-state index contributed by atoms with van der Waals surface area (Å²) in [5.74, 6) is -13.2. The van der Waals surface area contributed by atoms with Crippen LogP contribution in [-0.2, 0) is 105 Å². The van der Waals surface area contributed by atoms with Crippen LogP contribution in [0.2, 0.25) is 0 Å². The van der Waals surface area contributed by atoms with Crippen molar-refractivity contribution in [1.29, 1.82) is 0 Å². The van der Waals surface area contributed by atoms with Crippen LogP contribution in [0, 0.1) is 82.9 Å². The Kier molecular flexibility index (Phi) is 51.0. The van der Waals surface area contributed by atoms with Gasteiger partial charge in [-0.2, -0.15) is 0 Å². The van der Waals surface area contributed by atoms with Crippen molar-refractivity contribution in [2.45, 2.75) is 373 Å². The lowest BCUT2D eigenvalue weighted by molar-refractivity contribution is -0.266. The monoisotopic (exact) mass is 2050 g/mol. The number of esters is 2. The summed E-state index contributed by atoms with van der Waals surface area (Å²) in [7, 11) is 6.38. The summed E-state index contributed by atoms with van der Waals surface area (Å²) in [6, 6.07) is -2.26. The fourth-order valence-electron chi connectivity index (χ4n) is 22.9. The zero-order valence-electron chi connectivity index (χ0n) is 91.1. The van der Waals surface area contributed by atoms with E-state index in [4.69, 9.17) is 66.3 Å². The first kappa shape index (κ1) is 123. The number of aliphatic hydroxyl groups is 6. The highest BCUT2D eigenvalue weighted by Crippen LogP contribution is 2.44. The number of fused-ring (bicyclic) bond motifs is 6. The molecule has 2 amide bonds. The van der Waals surface area contributed by atoms with Crippen molar-refractivity contribution in [3.05, 3.63) is 120 Å².